The van der Waals surface area contributed by atoms with Crippen molar-refractivity contribution < 1.29 is 9.53 Å². The zero-order valence-corrected chi connectivity index (χ0v) is 21.9. The van der Waals surface area contributed by atoms with Gasteiger partial charge in [-0.25, -0.2) is 0 Å². The zero-order chi connectivity index (χ0) is 23.3. The SMILES string of the molecule is CC[C@H](CC[C@@H](C)[C@H]1CC[C@H]2[C@@H]3CC(=O)C4=CC(OC)=CC[C@]4(C)[C@H]3CC[C@]12C)C(C)C. The number of methoxy groups -OCH3 is 1. The largest absolute Gasteiger partial charge is 0.497 e. The number of hydrogen-bond donors (Lipinski definition) is 0. The minimum Gasteiger partial charge on any atom is -0.497 e. The monoisotopic (exact) mass is 440 g/mol. The van der Waals surface area contributed by atoms with Crippen LogP contribution >= 0.6 is 0 Å². The van der Waals surface area contributed by atoms with Crippen molar-refractivity contribution in [2.24, 2.45) is 52.3 Å². The Morgan fingerprint density at radius 1 is 1.09 bits per heavy atom. The fourth-order valence-electron chi connectivity index (χ4n) is 9.03. The Balaban J connectivity index is 1.51. The lowest BCUT2D eigenvalue weighted by atomic mass is 9.46. The summed E-state index contributed by atoms with van der Waals surface area (Å²) in [6.45, 7) is 14.7. The molecule has 4 aliphatic carbocycles. The Kier molecular flexibility index (Phi) is 6.74. The summed E-state index contributed by atoms with van der Waals surface area (Å²) < 4.78 is 5.49. The van der Waals surface area contributed by atoms with Gasteiger partial charge >= 0.3 is 0 Å². The van der Waals surface area contributed by atoms with Gasteiger partial charge in [0, 0.05) is 17.4 Å². The van der Waals surface area contributed by atoms with E-state index in [1.54, 1.807) is 7.11 Å². The Hall–Kier alpha value is -1.05. The molecule has 0 saturated heterocycles. The van der Waals surface area contributed by atoms with Gasteiger partial charge in [-0.1, -0.05) is 54.4 Å². The molecule has 0 spiro atoms. The molecule has 0 N–H and O–H groups in total. The standard InChI is InChI=1S/C30H48O2/c1-8-21(19(2)3)10-9-20(4)24-11-12-25-23-18-28(31)27-17-22(32-7)13-15-30(27,6)26(23)14-16-29(24,25)5/h13,17,19-21,23-26H,8-12,14-16,18H2,1-7H3/t20-,21-,23+,24-,25+,26+,29-,30-/m1/s1. The molecule has 0 aromatic carbocycles. The number of Topliss-reactive ketones (excluding diaryl/α,β-unsaturated/α-hetero) is 1. The minimum atomic E-state index is 0.0126. The second-order valence-electron chi connectivity index (χ2n) is 12.7. The fraction of sp³-hybridized carbons (Fsp3) is 0.833. The maximum absolute atomic E-state index is 13.4. The molecule has 0 aromatic heterocycles. The Labute approximate surface area is 197 Å². The Morgan fingerprint density at radius 2 is 1.84 bits per heavy atom. The van der Waals surface area contributed by atoms with Crippen LogP contribution < -0.4 is 0 Å². The molecule has 0 bridgehead atoms. The topological polar surface area (TPSA) is 26.3 Å². The van der Waals surface area contributed by atoms with Crippen LogP contribution in [-0.2, 0) is 9.53 Å². The molecule has 8 atom stereocenters. The third kappa shape index (κ3) is 3.82. The zero-order valence-electron chi connectivity index (χ0n) is 21.9. The predicted octanol–water partition coefficient (Wildman–Crippen LogP) is 7.98. The highest BCUT2D eigenvalue weighted by Gasteiger charge is 2.60. The van der Waals surface area contributed by atoms with E-state index in [2.05, 4.69) is 53.7 Å². The average Bonchev–Trinajstić information content (AvgIpc) is 3.11. The van der Waals surface area contributed by atoms with Gasteiger partial charge in [0.15, 0.2) is 5.78 Å². The van der Waals surface area contributed by atoms with Crippen molar-refractivity contribution in [1.29, 1.82) is 0 Å². The molecule has 4 aliphatic rings. The van der Waals surface area contributed by atoms with E-state index in [-0.39, 0.29) is 5.41 Å². The number of allylic oxidation sites excluding steroid dienone is 3. The number of hydrogen-bond acceptors (Lipinski definition) is 2. The van der Waals surface area contributed by atoms with Crippen molar-refractivity contribution in [1.82, 2.24) is 0 Å². The summed E-state index contributed by atoms with van der Waals surface area (Å²) >= 11 is 0. The number of ketones is 1. The van der Waals surface area contributed by atoms with Crippen LogP contribution in [0.15, 0.2) is 23.5 Å². The third-order valence-corrected chi connectivity index (χ3v) is 11.1. The van der Waals surface area contributed by atoms with Gasteiger partial charge in [0.2, 0.25) is 0 Å². The van der Waals surface area contributed by atoms with Crippen LogP contribution in [0.2, 0.25) is 0 Å². The van der Waals surface area contributed by atoms with Crippen LogP contribution in [0.3, 0.4) is 0 Å². The smallest absolute Gasteiger partial charge is 0.159 e. The molecule has 2 nitrogen and oxygen atoms in total. The average molecular weight is 441 g/mol. The van der Waals surface area contributed by atoms with Crippen LogP contribution in [0.25, 0.3) is 0 Å². The van der Waals surface area contributed by atoms with E-state index in [4.69, 9.17) is 4.74 Å². The molecule has 3 fully saturated rings. The highest BCUT2D eigenvalue weighted by atomic mass is 16.5. The van der Waals surface area contributed by atoms with Gasteiger partial charge in [-0.15, -0.1) is 0 Å². The van der Waals surface area contributed by atoms with Crippen LogP contribution in [0.4, 0.5) is 0 Å². The molecule has 180 valence electrons. The Morgan fingerprint density at radius 3 is 2.50 bits per heavy atom. The summed E-state index contributed by atoms with van der Waals surface area (Å²) in [5, 5.41) is 0. The summed E-state index contributed by atoms with van der Waals surface area (Å²) in [5.41, 5.74) is 1.50. The molecular formula is C30H48O2. The predicted molar refractivity (Wildman–Crippen MR) is 133 cm³/mol. The van der Waals surface area contributed by atoms with Gasteiger partial charge < -0.3 is 4.74 Å². The lowest BCUT2D eigenvalue weighted by Crippen LogP contribution is -2.52. The van der Waals surface area contributed by atoms with E-state index in [1.165, 1.54) is 44.9 Å². The van der Waals surface area contributed by atoms with Crippen molar-refractivity contribution in [3.8, 4) is 0 Å². The third-order valence-electron chi connectivity index (χ3n) is 11.1. The number of carbonyl (C=O) groups excluding carboxylic acids is 1. The number of ether oxygens (including phenoxy) is 1. The van der Waals surface area contributed by atoms with Crippen molar-refractivity contribution in [3.05, 3.63) is 23.5 Å². The number of carbonyl (C=O) groups is 1. The second-order valence-corrected chi connectivity index (χ2v) is 12.7. The molecule has 0 aliphatic heterocycles. The van der Waals surface area contributed by atoms with E-state index < -0.39 is 0 Å². The molecule has 0 radical (unpaired) electrons. The quantitative estimate of drug-likeness (QED) is 0.401. The van der Waals surface area contributed by atoms with E-state index in [0.29, 0.717) is 23.0 Å². The first-order valence-electron chi connectivity index (χ1n) is 13.6. The maximum atomic E-state index is 13.4. The van der Waals surface area contributed by atoms with Gasteiger partial charge in [0.25, 0.3) is 0 Å². The van der Waals surface area contributed by atoms with E-state index >= 15 is 0 Å². The molecule has 32 heavy (non-hydrogen) atoms. The molecule has 2 heteroatoms. The van der Waals surface area contributed by atoms with Gasteiger partial charge in [0.1, 0.15) is 5.76 Å². The van der Waals surface area contributed by atoms with E-state index in [9.17, 15) is 4.79 Å². The van der Waals surface area contributed by atoms with Crippen LogP contribution in [0.5, 0.6) is 0 Å². The summed E-state index contributed by atoms with van der Waals surface area (Å²) in [6, 6.07) is 0. The van der Waals surface area contributed by atoms with Crippen molar-refractivity contribution in [2.75, 3.05) is 7.11 Å². The normalized spacial score (nSPS) is 40.7. The molecule has 3 saturated carbocycles. The molecule has 0 unspecified atom stereocenters. The summed E-state index contributed by atoms with van der Waals surface area (Å²) in [5.74, 6) is 6.56. The molecular weight excluding hydrogens is 392 g/mol. The van der Waals surface area contributed by atoms with Crippen LogP contribution in [-0.4, -0.2) is 12.9 Å². The number of rotatable bonds is 7. The van der Waals surface area contributed by atoms with Gasteiger partial charge in [0.05, 0.1) is 7.11 Å². The van der Waals surface area contributed by atoms with Gasteiger partial charge in [-0.3, -0.25) is 4.79 Å². The van der Waals surface area contributed by atoms with Crippen LogP contribution in [0.1, 0.15) is 99.3 Å². The lowest BCUT2D eigenvalue weighted by Gasteiger charge is -2.57. The summed E-state index contributed by atoms with van der Waals surface area (Å²) in [6.07, 6.45) is 15.5. The van der Waals surface area contributed by atoms with Crippen molar-refractivity contribution >= 4 is 5.78 Å². The van der Waals surface area contributed by atoms with E-state index in [1.807, 2.05) is 0 Å². The first-order chi connectivity index (χ1) is 15.2. The summed E-state index contributed by atoms with van der Waals surface area (Å²) in [4.78, 5) is 13.4. The second kappa shape index (κ2) is 8.95. The first-order valence-corrected chi connectivity index (χ1v) is 13.6. The van der Waals surface area contributed by atoms with Gasteiger partial charge in [-0.2, -0.15) is 0 Å². The van der Waals surface area contributed by atoms with Gasteiger partial charge in [-0.05, 0) is 97.5 Å². The highest BCUT2D eigenvalue weighted by Crippen LogP contribution is 2.67. The van der Waals surface area contributed by atoms with Crippen molar-refractivity contribution in [2.45, 2.75) is 99.3 Å². The highest BCUT2D eigenvalue weighted by molar-refractivity contribution is 5.98. The van der Waals surface area contributed by atoms with Crippen molar-refractivity contribution in [3.63, 3.8) is 0 Å². The fourth-order valence-corrected chi connectivity index (χ4v) is 9.03. The Bertz CT molecular complexity index is 776. The maximum Gasteiger partial charge on any atom is 0.159 e. The molecule has 4 rings (SSSR count). The molecule has 0 aromatic rings. The lowest BCUT2D eigenvalue weighted by molar-refractivity contribution is -0.128. The summed E-state index contributed by atoms with van der Waals surface area (Å²) in [7, 11) is 1.72. The minimum absolute atomic E-state index is 0.0126. The number of fused-ring (bicyclic) bond motifs is 5. The molecule has 0 amide bonds. The first kappa shape index (κ1) is 24.1. The molecule has 0 heterocycles. The van der Waals surface area contributed by atoms with Crippen LogP contribution in [0, 0.1) is 52.3 Å². The van der Waals surface area contributed by atoms with E-state index in [0.717, 1.165) is 53.8 Å².